The molecule has 2 aromatic rings. The van der Waals surface area contributed by atoms with Crippen molar-refractivity contribution in [2.45, 2.75) is 17.0 Å². The molecule has 3 rings (SSSR count). The predicted molar refractivity (Wildman–Crippen MR) is 83.9 cm³/mol. The largest absolute Gasteiger partial charge is 0.456 e. The number of halogens is 3. The normalized spacial score (nSPS) is 18.3. The molecule has 0 heterocycles. The minimum atomic E-state index is -4.41. The first kappa shape index (κ1) is 17.9. The molecule has 0 aromatic heterocycles. The van der Waals surface area contributed by atoms with Gasteiger partial charge in [0, 0.05) is 11.8 Å². The van der Waals surface area contributed by atoms with Crippen molar-refractivity contribution in [2.24, 2.45) is 0 Å². The molecule has 134 valence electrons. The van der Waals surface area contributed by atoms with Crippen LogP contribution in [0.25, 0.3) is 0 Å². The maximum absolute atomic E-state index is 14.3. The second-order valence-electron chi connectivity index (χ2n) is 5.65. The van der Waals surface area contributed by atoms with Gasteiger partial charge in [0.1, 0.15) is 17.6 Å². The first-order valence-corrected chi connectivity index (χ1v) is 9.08. The highest BCUT2D eigenvalue weighted by Gasteiger charge is 2.59. The number of ether oxygens (including phenoxy) is 1. The van der Waals surface area contributed by atoms with Crippen LogP contribution in [-0.4, -0.2) is 26.4 Å². The van der Waals surface area contributed by atoms with Crippen LogP contribution in [0.2, 0.25) is 0 Å². The van der Waals surface area contributed by atoms with Gasteiger partial charge in [0.2, 0.25) is 12.0 Å². The Hall–Kier alpha value is -2.86. The molecule has 0 unspecified atom stereocenters. The van der Waals surface area contributed by atoms with Gasteiger partial charge < -0.3 is 4.74 Å². The van der Waals surface area contributed by atoms with Crippen LogP contribution in [0.3, 0.4) is 0 Å². The second kappa shape index (κ2) is 5.85. The van der Waals surface area contributed by atoms with Crippen molar-refractivity contribution < 1.29 is 31.1 Å². The number of Topliss-reactive ketones (excluding diaryl/α,β-unsaturated/α-hetero) is 1. The summed E-state index contributed by atoms with van der Waals surface area (Å²) >= 11 is 0. The molecule has 0 amide bonds. The Morgan fingerprint density at radius 3 is 2.42 bits per heavy atom. The lowest BCUT2D eigenvalue weighted by Gasteiger charge is -2.14. The molecule has 0 bridgehead atoms. The van der Waals surface area contributed by atoms with Gasteiger partial charge in [-0.25, -0.2) is 12.8 Å². The number of nitrogens with zero attached hydrogens (tertiary/aromatic N) is 1. The van der Waals surface area contributed by atoms with Gasteiger partial charge in [0.15, 0.2) is 9.84 Å². The molecule has 0 radical (unpaired) electrons. The van der Waals surface area contributed by atoms with Gasteiger partial charge in [0.25, 0.3) is 0 Å². The molecule has 0 N–H and O–H groups in total. The third-order valence-corrected chi connectivity index (χ3v) is 5.03. The lowest BCUT2D eigenvalue weighted by molar-refractivity contribution is -0.0368. The standard InChI is InChI=1S/C17H10F3NO4S/c1-26(23,24)12-7-6-11(25-10-5-3-2-4-9(10)8-21)13-14(12)16(22)17(19,20)15(13)18/h2-7,15H,1H3/t15-/m1/s1. The van der Waals surface area contributed by atoms with Gasteiger partial charge in [-0.3, -0.25) is 4.79 Å². The lowest BCUT2D eigenvalue weighted by Crippen LogP contribution is -2.26. The molecule has 0 saturated heterocycles. The fourth-order valence-corrected chi connectivity index (χ4v) is 3.58. The van der Waals surface area contributed by atoms with E-state index < -0.39 is 49.5 Å². The van der Waals surface area contributed by atoms with E-state index in [0.717, 1.165) is 18.4 Å². The van der Waals surface area contributed by atoms with Crippen LogP contribution in [-0.2, 0) is 9.84 Å². The van der Waals surface area contributed by atoms with Crippen LogP contribution in [0, 0.1) is 11.3 Å². The zero-order chi connectivity index (χ0) is 19.3. The van der Waals surface area contributed by atoms with E-state index in [2.05, 4.69) is 0 Å². The summed E-state index contributed by atoms with van der Waals surface area (Å²) in [5.74, 6) is -6.82. The zero-order valence-corrected chi connectivity index (χ0v) is 14.0. The van der Waals surface area contributed by atoms with Crippen LogP contribution in [0.4, 0.5) is 13.2 Å². The zero-order valence-electron chi connectivity index (χ0n) is 13.2. The molecule has 5 nitrogen and oxygen atoms in total. The number of carbonyl (C=O) groups excluding carboxylic acids is 1. The average Bonchev–Trinajstić information content (AvgIpc) is 2.76. The maximum atomic E-state index is 14.3. The summed E-state index contributed by atoms with van der Waals surface area (Å²) in [6.07, 6.45) is -2.33. The van der Waals surface area contributed by atoms with Crippen molar-refractivity contribution in [3.8, 4) is 17.6 Å². The Kier molecular flexibility index (Phi) is 4.04. The number of carbonyl (C=O) groups is 1. The van der Waals surface area contributed by atoms with Crippen molar-refractivity contribution in [3.63, 3.8) is 0 Å². The van der Waals surface area contributed by atoms with Crippen LogP contribution in [0.1, 0.15) is 27.7 Å². The molecule has 2 aromatic carbocycles. The topological polar surface area (TPSA) is 84.2 Å². The smallest absolute Gasteiger partial charge is 0.344 e. The van der Waals surface area contributed by atoms with Crippen molar-refractivity contribution in [3.05, 3.63) is 53.1 Å². The number of alkyl halides is 3. The van der Waals surface area contributed by atoms with Gasteiger partial charge >= 0.3 is 5.92 Å². The first-order valence-electron chi connectivity index (χ1n) is 7.19. The molecular formula is C17H10F3NO4S. The maximum Gasteiger partial charge on any atom is 0.344 e. The molecule has 0 saturated carbocycles. The Morgan fingerprint density at radius 1 is 1.15 bits per heavy atom. The quantitative estimate of drug-likeness (QED) is 0.811. The predicted octanol–water partition coefficient (Wildman–Crippen LogP) is 3.60. The van der Waals surface area contributed by atoms with E-state index in [0.29, 0.717) is 0 Å². The number of benzene rings is 2. The Balaban J connectivity index is 2.26. The van der Waals surface area contributed by atoms with Gasteiger partial charge in [0.05, 0.1) is 16.0 Å². The molecule has 1 atom stereocenters. The molecule has 0 aliphatic heterocycles. The van der Waals surface area contributed by atoms with E-state index in [1.165, 1.54) is 24.3 Å². The van der Waals surface area contributed by atoms with E-state index in [1.54, 1.807) is 0 Å². The van der Waals surface area contributed by atoms with Gasteiger partial charge in [-0.15, -0.1) is 0 Å². The summed E-state index contributed by atoms with van der Waals surface area (Å²) in [5.41, 5.74) is -1.70. The molecular weight excluding hydrogens is 371 g/mol. The fourth-order valence-electron chi connectivity index (χ4n) is 2.69. The molecule has 1 aliphatic rings. The number of hydrogen-bond donors (Lipinski definition) is 0. The Bertz CT molecular complexity index is 1070. The van der Waals surface area contributed by atoms with Crippen molar-refractivity contribution in [1.29, 1.82) is 5.26 Å². The lowest BCUT2D eigenvalue weighted by atomic mass is 10.1. The Labute approximate surface area is 146 Å². The number of sulfone groups is 1. The van der Waals surface area contributed by atoms with Gasteiger partial charge in [-0.05, 0) is 24.3 Å². The van der Waals surface area contributed by atoms with E-state index in [9.17, 15) is 26.4 Å². The van der Waals surface area contributed by atoms with Crippen molar-refractivity contribution in [2.75, 3.05) is 6.26 Å². The summed E-state index contributed by atoms with van der Waals surface area (Å²) in [5, 5.41) is 9.06. The number of ketones is 1. The van der Waals surface area contributed by atoms with Crippen molar-refractivity contribution in [1.82, 2.24) is 0 Å². The first-order chi connectivity index (χ1) is 12.1. The number of fused-ring (bicyclic) bond motifs is 1. The van der Waals surface area contributed by atoms with Crippen LogP contribution in [0.5, 0.6) is 11.5 Å². The monoisotopic (exact) mass is 381 g/mol. The number of para-hydroxylation sites is 1. The second-order valence-corrected chi connectivity index (χ2v) is 7.63. The van der Waals surface area contributed by atoms with Crippen LogP contribution >= 0.6 is 0 Å². The third-order valence-electron chi connectivity index (χ3n) is 3.90. The summed E-state index contributed by atoms with van der Waals surface area (Å²) in [6.45, 7) is 0. The highest BCUT2D eigenvalue weighted by molar-refractivity contribution is 7.90. The minimum absolute atomic E-state index is 0.0424. The SMILES string of the molecule is CS(=O)(=O)c1ccc(Oc2ccccc2C#N)c2c1C(=O)C(F)(F)[C@@H]2F. The molecule has 1 aliphatic carbocycles. The third kappa shape index (κ3) is 2.63. The molecule has 26 heavy (non-hydrogen) atoms. The number of nitriles is 1. The van der Waals surface area contributed by atoms with Crippen LogP contribution in [0.15, 0.2) is 41.3 Å². The molecule has 9 heteroatoms. The summed E-state index contributed by atoms with van der Waals surface area (Å²) in [4.78, 5) is 11.3. The van der Waals surface area contributed by atoms with E-state index in [-0.39, 0.29) is 11.3 Å². The highest BCUT2D eigenvalue weighted by atomic mass is 32.2. The fraction of sp³-hybridized carbons (Fsp3) is 0.176. The van der Waals surface area contributed by atoms with E-state index in [4.69, 9.17) is 10.00 Å². The molecule has 0 spiro atoms. The van der Waals surface area contributed by atoms with E-state index in [1.807, 2.05) is 6.07 Å². The van der Waals surface area contributed by atoms with Crippen molar-refractivity contribution >= 4 is 15.6 Å². The summed E-state index contributed by atoms with van der Waals surface area (Å²) < 4.78 is 71.2. The summed E-state index contributed by atoms with van der Waals surface area (Å²) in [7, 11) is -4.07. The van der Waals surface area contributed by atoms with Crippen LogP contribution < -0.4 is 4.74 Å². The number of hydrogen-bond acceptors (Lipinski definition) is 5. The van der Waals surface area contributed by atoms with Gasteiger partial charge in [-0.1, -0.05) is 12.1 Å². The van der Waals surface area contributed by atoms with E-state index >= 15 is 0 Å². The average molecular weight is 381 g/mol. The Morgan fingerprint density at radius 2 is 1.81 bits per heavy atom. The number of rotatable bonds is 3. The molecule has 0 fully saturated rings. The van der Waals surface area contributed by atoms with Gasteiger partial charge in [-0.2, -0.15) is 14.0 Å². The highest BCUT2D eigenvalue weighted by Crippen LogP contribution is 2.51. The minimum Gasteiger partial charge on any atom is -0.456 e. The summed E-state index contributed by atoms with van der Waals surface area (Å²) in [6, 6.07) is 9.53.